The van der Waals surface area contributed by atoms with E-state index in [2.05, 4.69) is 13.8 Å². The second-order valence-electron chi connectivity index (χ2n) is 2.13. The molecule has 1 atom stereocenters. The van der Waals surface area contributed by atoms with Crippen LogP contribution in [0.15, 0.2) is 0 Å². The Hall–Kier alpha value is -0.0400. The van der Waals surface area contributed by atoms with E-state index in [9.17, 15) is 0 Å². The molecule has 0 bridgehead atoms. The van der Waals surface area contributed by atoms with Crippen LogP contribution >= 0.6 is 0 Å². The van der Waals surface area contributed by atoms with Crippen LogP contribution in [0, 0.1) is 5.92 Å². The molecule has 0 aliphatic rings. The van der Waals surface area contributed by atoms with Crippen molar-refractivity contribution in [3.8, 4) is 0 Å². The summed E-state index contributed by atoms with van der Waals surface area (Å²) in [5, 5.41) is 0. The van der Waals surface area contributed by atoms with Crippen molar-refractivity contribution < 1.29 is 0 Å². The Morgan fingerprint density at radius 1 is 1.57 bits per heavy atom. The van der Waals surface area contributed by atoms with Gasteiger partial charge in [-0.05, 0) is 18.9 Å². The summed E-state index contributed by atoms with van der Waals surface area (Å²) in [6, 6.07) is 0. The van der Waals surface area contributed by atoms with Crippen molar-refractivity contribution in [3.05, 3.63) is 0 Å². The molecule has 0 saturated carbocycles. The topological polar surface area (TPSA) is 26.0 Å². The van der Waals surface area contributed by atoms with Crippen LogP contribution in [0.2, 0.25) is 0 Å². The Bertz CT molecular complexity index is 35.2. The van der Waals surface area contributed by atoms with Crippen molar-refractivity contribution in [1.82, 2.24) is 0 Å². The molecule has 0 aromatic heterocycles. The summed E-state index contributed by atoms with van der Waals surface area (Å²) in [6.07, 6.45) is 2.54. The van der Waals surface area contributed by atoms with Crippen LogP contribution in [-0.2, 0) is 0 Å². The first-order valence-electron chi connectivity index (χ1n) is 3.01. The molecule has 0 heterocycles. The first kappa shape index (κ1) is 6.96. The SMILES string of the molecule is CCCC(C)CN. The van der Waals surface area contributed by atoms with Crippen LogP contribution in [0.4, 0.5) is 0 Å². The molecule has 0 aromatic carbocycles. The molecule has 0 amide bonds. The monoisotopic (exact) mass is 101 g/mol. The van der Waals surface area contributed by atoms with Gasteiger partial charge in [-0.2, -0.15) is 0 Å². The van der Waals surface area contributed by atoms with E-state index in [0.29, 0.717) is 0 Å². The fraction of sp³-hybridized carbons (Fsp3) is 1.00. The van der Waals surface area contributed by atoms with Crippen molar-refractivity contribution in [3.63, 3.8) is 0 Å². The molecule has 1 heteroatoms. The molecule has 0 fully saturated rings. The van der Waals surface area contributed by atoms with E-state index in [1.54, 1.807) is 0 Å². The number of hydrogen-bond donors (Lipinski definition) is 1. The van der Waals surface area contributed by atoms with Crippen LogP contribution in [0.1, 0.15) is 26.7 Å². The van der Waals surface area contributed by atoms with E-state index in [-0.39, 0.29) is 0 Å². The summed E-state index contributed by atoms with van der Waals surface area (Å²) < 4.78 is 0. The summed E-state index contributed by atoms with van der Waals surface area (Å²) in [5.74, 6) is 0.727. The molecule has 0 rings (SSSR count). The summed E-state index contributed by atoms with van der Waals surface area (Å²) in [5.41, 5.74) is 5.36. The number of nitrogens with two attached hydrogens (primary N) is 1. The molecule has 2 N–H and O–H groups in total. The average Bonchev–Trinajstić information content (AvgIpc) is 1.68. The Kier molecular flexibility index (Phi) is 4.10. The van der Waals surface area contributed by atoms with Gasteiger partial charge in [0.25, 0.3) is 0 Å². The molecule has 0 aliphatic carbocycles. The third-order valence-corrected chi connectivity index (χ3v) is 1.18. The molecular weight excluding hydrogens is 86.1 g/mol. The minimum Gasteiger partial charge on any atom is -0.330 e. The molecule has 0 radical (unpaired) electrons. The highest BCUT2D eigenvalue weighted by Crippen LogP contribution is 2.00. The van der Waals surface area contributed by atoms with Gasteiger partial charge in [0.2, 0.25) is 0 Å². The van der Waals surface area contributed by atoms with Gasteiger partial charge in [-0.1, -0.05) is 20.3 Å². The Morgan fingerprint density at radius 3 is 2.29 bits per heavy atom. The predicted molar refractivity (Wildman–Crippen MR) is 33.1 cm³/mol. The first-order valence-corrected chi connectivity index (χ1v) is 3.01. The zero-order valence-electron chi connectivity index (χ0n) is 5.28. The standard InChI is InChI=1S/C6H15N/c1-3-4-6(2)5-7/h6H,3-5,7H2,1-2H3. The highest BCUT2D eigenvalue weighted by Gasteiger charge is 1.92. The third-order valence-electron chi connectivity index (χ3n) is 1.18. The highest BCUT2D eigenvalue weighted by atomic mass is 14.5. The number of rotatable bonds is 3. The molecule has 1 nitrogen and oxygen atoms in total. The van der Waals surface area contributed by atoms with E-state index in [0.717, 1.165) is 12.5 Å². The highest BCUT2D eigenvalue weighted by molar-refractivity contribution is 4.49. The van der Waals surface area contributed by atoms with Crippen molar-refractivity contribution in [2.24, 2.45) is 11.7 Å². The first-order chi connectivity index (χ1) is 3.31. The Balaban J connectivity index is 2.83. The van der Waals surface area contributed by atoms with E-state index >= 15 is 0 Å². The van der Waals surface area contributed by atoms with Gasteiger partial charge < -0.3 is 5.73 Å². The maximum atomic E-state index is 5.36. The van der Waals surface area contributed by atoms with Crippen LogP contribution in [0.5, 0.6) is 0 Å². The molecule has 0 aliphatic heterocycles. The maximum Gasteiger partial charge on any atom is -0.00515 e. The van der Waals surface area contributed by atoms with Crippen molar-refractivity contribution >= 4 is 0 Å². The molecular formula is C6H15N. The molecule has 0 saturated heterocycles. The lowest BCUT2D eigenvalue weighted by molar-refractivity contribution is 0.536. The van der Waals surface area contributed by atoms with E-state index in [4.69, 9.17) is 5.73 Å². The normalized spacial score (nSPS) is 14.1. The van der Waals surface area contributed by atoms with E-state index in [1.165, 1.54) is 12.8 Å². The zero-order valence-corrected chi connectivity index (χ0v) is 5.28. The lowest BCUT2D eigenvalue weighted by Crippen LogP contribution is -2.09. The molecule has 7 heavy (non-hydrogen) atoms. The van der Waals surface area contributed by atoms with Crippen LogP contribution in [0.3, 0.4) is 0 Å². The summed E-state index contributed by atoms with van der Waals surface area (Å²) in [7, 11) is 0. The summed E-state index contributed by atoms with van der Waals surface area (Å²) in [4.78, 5) is 0. The lowest BCUT2D eigenvalue weighted by atomic mass is 10.1. The van der Waals surface area contributed by atoms with Gasteiger partial charge in [0.15, 0.2) is 0 Å². The largest absolute Gasteiger partial charge is 0.330 e. The van der Waals surface area contributed by atoms with Gasteiger partial charge in [0.1, 0.15) is 0 Å². The summed E-state index contributed by atoms with van der Waals surface area (Å²) in [6.45, 7) is 5.21. The lowest BCUT2D eigenvalue weighted by Gasteiger charge is -2.02. The van der Waals surface area contributed by atoms with Crippen LogP contribution < -0.4 is 5.73 Å². The quantitative estimate of drug-likeness (QED) is 0.571. The Morgan fingerprint density at radius 2 is 2.14 bits per heavy atom. The van der Waals surface area contributed by atoms with Crippen LogP contribution in [0.25, 0.3) is 0 Å². The fourth-order valence-corrected chi connectivity index (χ4v) is 0.611. The zero-order chi connectivity index (χ0) is 5.70. The van der Waals surface area contributed by atoms with Gasteiger partial charge >= 0.3 is 0 Å². The summed E-state index contributed by atoms with van der Waals surface area (Å²) >= 11 is 0. The maximum absolute atomic E-state index is 5.36. The molecule has 44 valence electrons. The van der Waals surface area contributed by atoms with Gasteiger partial charge in [0, 0.05) is 0 Å². The predicted octanol–water partition coefficient (Wildman–Crippen LogP) is 1.38. The van der Waals surface area contributed by atoms with Crippen molar-refractivity contribution in [1.29, 1.82) is 0 Å². The fourth-order valence-electron chi connectivity index (χ4n) is 0.611. The second-order valence-corrected chi connectivity index (χ2v) is 2.13. The minimum atomic E-state index is 0.727. The van der Waals surface area contributed by atoms with E-state index < -0.39 is 0 Å². The minimum absolute atomic E-state index is 0.727. The molecule has 0 spiro atoms. The van der Waals surface area contributed by atoms with Crippen molar-refractivity contribution in [2.75, 3.05) is 6.54 Å². The van der Waals surface area contributed by atoms with Gasteiger partial charge in [-0.25, -0.2) is 0 Å². The van der Waals surface area contributed by atoms with Gasteiger partial charge in [0.05, 0.1) is 0 Å². The second kappa shape index (κ2) is 4.13. The Labute approximate surface area is 45.9 Å². The van der Waals surface area contributed by atoms with Crippen molar-refractivity contribution in [2.45, 2.75) is 26.7 Å². The van der Waals surface area contributed by atoms with Gasteiger partial charge in [-0.3, -0.25) is 0 Å². The molecule has 0 aromatic rings. The number of hydrogen-bond acceptors (Lipinski definition) is 1. The van der Waals surface area contributed by atoms with Crippen LogP contribution in [-0.4, -0.2) is 6.54 Å². The third kappa shape index (κ3) is 3.80. The van der Waals surface area contributed by atoms with Gasteiger partial charge in [-0.15, -0.1) is 0 Å². The smallest absolute Gasteiger partial charge is 0.00515 e. The molecule has 1 unspecified atom stereocenters. The average molecular weight is 101 g/mol. The van der Waals surface area contributed by atoms with E-state index in [1.807, 2.05) is 0 Å².